The largest absolute Gasteiger partial charge is 0.458 e. The number of fused-ring (bicyclic) bond motifs is 7. The second-order valence-corrected chi connectivity index (χ2v) is 16.2. The Morgan fingerprint density at radius 2 is 1.58 bits per heavy atom. The molecule has 0 spiro atoms. The van der Waals surface area contributed by atoms with E-state index in [1.54, 1.807) is 12.2 Å². The molecule has 3 saturated carbocycles. The zero-order chi connectivity index (χ0) is 34.4. The van der Waals surface area contributed by atoms with Crippen LogP contribution >= 0.6 is 0 Å². The van der Waals surface area contributed by atoms with Gasteiger partial charge >= 0.3 is 5.97 Å². The molecule has 5 rings (SSSR count). The van der Waals surface area contributed by atoms with Gasteiger partial charge in [0.15, 0.2) is 24.3 Å². The maximum atomic E-state index is 14.3. The molecule has 0 bridgehead atoms. The van der Waals surface area contributed by atoms with Crippen LogP contribution in [0, 0.1) is 28.6 Å². The summed E-state index contributed by atoms with van der Waals surface area (Å²) < 4.78 is 18.8. The second kappa shape index (κ2) is 16.5. The molecule has 270 valence electrons. The number of carbonyl (C=O) groups excluding carboxylic acids is 3. The van der Waals surface area contributed by atoms with Gasteiger partial charge in [-0.3, -0.25) is 14.4 Å². The Hall–Kier alpha value is -1.83. The highest BCUT2D eigenvalue weighted by Gasteiger charge is 2.75. The lowest BCUT2D eigenvalue weighted by Gasteiger charge is -2.59. The minimum Gasteiger partial charge on any atom is -0.458 e. The van der Waals surface area contributed by atoms with E-state index >= 15 is 0 Å². The van der Waals surface area contributed by atoms with Crippen molar-refractivity contribution < 1.29 is 33.7 Å². The third kappa shape index (κ3) is 7.44. The van der Waals surface area contributed by atoms with Crippen LogP contribution in [0.4, 0.5) is 0 Å². The van der Waals surface area contributed by atoms with E-state index in [-0.39, 0.29) is 47.3 Å². The number of Topliss-reactive ketones (excluding diaryl/α,β-unsaturated/α-hetero) is 1. The van der Waals surface area contributed by atoms with Gasteiger partial charge in [-0.15, -0.1) is 0 Å². The van der Waals surface area contributed by atoms with E-state index < -0.39 is 29.5 Å². The molecule has 0 unspecified atom stereocenters. The zero-order valence-corrected chi connectivity index (χ0v) is 30.4. The van der Waals surface area contributed by atoms with Crippen molar-refractivity contribution in [2.24, 2.45) is 28.6 Å². The normalized spacial score (nSPS) is 36.6. The van der Waals surface area contributed by atoms with Gasteiger partial charge in [0.05, 0.1) is 12.2 Å². The Kier molecular flexibility index (Phi) is 12.8. The summed E-state index contributed by atoms with van der Waals surface area (Å²) in [6.45, 7) is 8.27. The van der Waals surface area contributed by atoms with Gasteiger partial charge in [-0.25, -0.2) is 0 Å². The van der Waals surface area contributed by atoms with Crippen LogP contribution in [0.15, 0.2) is 23.8 Å². The molecule has 48 heavy (non-hydrogen) atoms. The molecule has 1 N–H and O–H groups in total. The van der Waals surface area contributed by atoms with E-state index in [0.717, 1.165) is 44.1 Å². The first-order valence-electron chi connectivity index (χ1n) is 19.7. The van der Waals surface area contributed by atoms with Crippen LogP contribution in [-0.2, 0) is 28.6 Å². The van der Waals surface area contributed by atoms with Crippen molar-refractivity contribution >= 4 is 17.5 Å². The van der Waals surface area contributed by atoms with Crippen molar-refractivity contribution in [1.29, 1.82) is 0 Å². The van der Waals surface area contributed by atoms with Crippen molar-refractivity contribution in [3.8, 4) is 0 Å². The van der Waals surface area contributed by atoms with Gasteiger partial charge in [-0.05, 0) is 62.5 Å². The van der Waals surface area contributed by atoms with Crippen LogP contribution in [0.2, 0.25) is 0 Å². The molecule has 0 amide bonds. The van der Waals surface area contributed by atoms with Gasteiger partial charge in [0.25, 0.3) is 0 Å². The molecule has 9 atom stereocenters. The highest BCUT2D eigenvalue weighted by atomic mass is 16.7. The van der Waals surface area contributed by atoms with E-state index in [0.29, 0.717) is 25.7 Å². The standard InChI is InChI=1S/C41H64O7/c1-5-7-8-9-10-11-12-13-14-15-16-17-18-20-36(45)46-28-34(44)41-35(47-37(48-41)19-6-2)26-32-31-22-21-29-25-30(42)23-24-39(29,3)38(31)33(43)27-40(32,41)4/h23-25,31-33,35,37-38,43H,5-22,26-28H2,1-4H3/t31-,32-,33-,35+,37+,38+,39-,40-,41+/m0/s1. The SMILES string of the molecule is CCCCCCCCCCCCCCCC(=O)OCC(=O)[C@@]12O[C@H](CCC)O[C@@H]1C[C@H]1[C@@H]3CCC4=CC(=O)C=C[C@]4(C)[C@H]3[C@@H](O)C[C@@]12C. The molecule has 0 aromatic rings. The number of hydrogen-bond donors (Lipinski definition) is 1. The average molecular weight is 669 g/mol. The van der Waals surface area contributed by atoms with Crippen LogP contribution in [-0.4, -0.2) is 53.3 Å². The van der Waals surface area contributed by atoms with Gasteiger partial charge < -0.3 is 19.3 Å². The zero-order valence-electron chi connectivity index (χ0n) is 30.4. The minimum atomic E-state index is -1.26. The quantitative estimate of drug-likeness (QED) is 0.109. The molecule has 4 aliphatic carbocycles. The maximum Gasteiger partial charge on any atom is 0.306 e. The summed E-state index contributed by atoms with van der Waals surface area (Å²) >= 11 is 0. The fourth-order valence-corrected chi connectivity index (χ4v) is 10.6. The summed E-state index contributed by atoms with van der Waals surface area (Å²) in [5, 5.41) is 11.9. The topological polar surface area (TPSA) is 99.1 Å². The molecule has 5 aliphatic rings. The first kappa shape index (κ1) is 37.4. The van der Waals surface area contributed by atoms with Crippen LogP contribution in [0.1, 0.15) is 156 Å². The maximum absolute atomic E-state index is 14.3. The Bertz CT molecular complexity index is 1190. The highest BCUT2D eigenvalue weighted by molar-refractivity contribution is 6.01. The summed E-state index contributed by atoms with van der Waals surface area (Å²) in [4.78, 5) is 39.3. The Morgan fingerprint density at radius 1 is 0.938 bits per heavy atom. The van der Waals surface area contributed by atoms with Crippen molar-refractivity contribution in [3.63, 3.8) is 0 Å². The molecular formula is C41H64O7. The van der Waals surface area contributed by atoms with E-state index in [4.69, 9.17) is 14.2 Å². The molecule has 7 nitrogen and oxygen atoms in total. The summed E-state index contributed by atoms with van der Waals surface area (Å²) in [6, 6.07) is 0. The fraction of sp³-hybridized carbons (Fsp3) is 0.829. The predicted octanol–water partition coefficient (Wildman–Crippen LogP) is 8.75. The van der Waals surface area contributed by atoms with Crippen LogP contribution in [0.5, 0.6) is 0 Å². The van der Waals surface area contributed by atoms with Gasteiger partial charge in [0.1, 0.15) is 0 Å². The molecule has 1 saturated heterocycles. The highest BCUT2D eigenvalue weighted by Crippen LogP contribution is 2.69. The number of ketones is 2. The summed E-state index contributed by atoms with van der Waals surface area (Å²) in [5.74, 6) is -0.326. The monoisotopic (exact) mass is 668 g/mol. The van der Waals surface area contributed by atoms with E-state index in [9.17, 15) is 19.5 Å². The molecule has 1 aliphatic heterocycles. The van der Waals surface area contributed by atoms with E-state index in [2.05, 4.69) is 27.7 Å². The molecule has 7 heteroatoms. The molecule has 0 aromatic heterocycles. The molecule has 0 aromatic carbocycles. The van der Waals surface area contributed by atoms with Crippen molar-refractivity contribution in [3.05, 3.63) is 23.8 Å². The molecular weight excluding hydrogens is 604 g/mol. The average Bonchev–Trinajstić information content (AvgIpc) is 3.54. The number of carbonyl (C=O) groups is 3. The third-order valence-corrected chi connectivity index (χ3v) is 13.1. The van der Waals surface area contributed by atoms with Gasteiger partial charge in [-0.2, -0.15) is 0 Å². The number of rotatable bonds is 19. The summed E-state index contributed by atoms with van der Waals surface area (Å²) in [7, 11) is 0. The summed E-state index contributed by atoms with van der Waals surface area (Å²) in [6.07, 6.45) is 24.6. The Labute approximate surface area is 290 Å². The number of aliphatic hydroxyl groups excluding tert-OH is 1. The van der Waals surface area contributed by atoms with Crippen molar-refractivity contribution in [1.82, 2.24) is 0 Å². The number of hydrogen-bond acceptors (Lipinski definition) is 7. The van der Waals surface area contributed by atoms with Gasteiger partial charge in [0.2, 0.25) is 5.78 Å². The van der Waals surface area contributed by atoms with Crippen LogP contribution < -0.4 is 0 Å². The second-order valence-electron chi connectivity index (χ2n) is 16.2. The molecule has 0 radical (unpaired) electrons. The lowest BCUT2D eigenvalue weighted by atomic mass is 9.46. The number of ether oxygens (including phenoxy) is 3. The van der Waals surface area contributed by atoms with Crippen molar-refractivity contribution in [2.75, 3.05) is 6.61 Å². The smallest absolute Gasteiger partial charge is 0.306 e. The number of unbranched alkanes of at least 4 members (excludes halogenated alkanes) is 12. The van der Waals surface area contributed by atoms with E-state index in [1.807, 2.05) is 6.08 Å². The predicted molar refractivity (Wildman–Crippen MR) is 187 cm³/mol. The van der Waals surface area contributed by atoms with Crippen LogP contribution in [0.3, 0.4) is 0 Å². The minimum absolute atomic E-state index is 0.0170. The Balaban J connectivity index is 1.13. The number of allylic oxidation sites excluding steroid dienone is 4. The Morgan fingerprint density at radius 3 is 2.23 bits per heavy atom. The number of esters is 1. The molecule has 4 fully saturated rings. The van der Waals surface area contributed by atoms with Crippen LogP contribution in [0.25, 0.3) is 0 Å². The number of aliphatic hydroxyl groups is 1. The summed E-state index contributed by atoms with van der Waals surface area (Å²) in [5.41, 5.74) is -1.20. The molecule has 1 heterocycles. The fourth-order valence-electron chi connectivity index (χ4n) is 10.6. The van der Waals surface area contributed by atoms with Gasteiger partial charge in [-0.1, -0.05) is 123 Å². The van der Waals surface area contributed by atoms with E-state index in [1.165, 1.54) is 64.2 Å². The first-order chi connectivity index (χ1) is 23.1. The third-order valence-electron chi connectivity index (χ3n) is 13.1. The first-order valence-corrected chi connectivity index (χ1v) is 19.7. The van der Waals surface area contributed by atoms with Crippen molar-refractivity contribution in [2.45, 2.75) is 180 Å². The lowest BCUT2D eigenvalue weighted by molar-refractivity contribution is -0.201. The lowest BCUT2D eigenvalue weighted by Crippen LogP contribution is -2.63. The van der Waals surface area contributed by atoms with Gasteiger partial charge in [0, 0.05) is 23.2 Å².